The first-order valence-corrected chi connectivity index (χ1v) is 10.1. The second kappa shape index (κ2) is 7.06. The molecule has 1 spiro atoms. The number of hydrogen-bond donors (Lipinski definition) is 1. The van der Waals surface area contributed by atoms with Gasteiger partial charge in [0.25, 0.3) is 5.91 Å². The molecule has 152 valence electrons. The average molecular weight is 401 g/mol. The molecule has 0 bridgehead atoms. The number of methoxy groups -OCH3 is 1. The fourth-order valence-corrected chi connectivity index (χ4v) is 4.61. The number of anilines is 1. The van der Waals surface area contributed by atoms with Gasteiger partial charge in [0.1, 0.15) is 12.0 Å². The summed E-state index contributed by atoms with van der Waals surface area (Å²) in [7, 11) is 1.67. The van der Waals surface area contributed by atoms with Crippen molar-refractivity contribution in [1.82, 2.24) is 9.47 Å². The molecule has 1 N–H and O–H groups in total. The number of likely N-dealkylation sites (tertiary alicyclic amines) is 1. The van der Waals surface area contributed by atoms with Crippen LogP contribution in [0.4, 0.5) is 5.69 Å². The molecule has 3 aromatic rings. The third kappa shape index (κ3) is 2.87. The van der Waals surface area contributed by atoms with E-state index in [0.717, 1.165) is 36.3 Å². The number of carbonyl (C=O) groups is 2. The van der Waals surface area contributed by atoms with E-state index in [4.69, 9.17) is 4.74 Å². The number of hydrogen-bond acceptors (Lipinski definition) is 4. The highest BCUT2D eigenvalue weighted by Gasteiger charge is 2.42. The zero-order valence-corrected chi connectivity index (χ0v) is 16.8. The lowest BCUT2D eigenvalue weighted by Gasteiger charge is -2.46. The number of amides is 1. The summed E-state index contributed by atoms with van der Waals surface area (Å²) < 4.78 is 7.65. The summed E-state index contributed by atoms with van der Waals surface area (Å²) in [5, 5.41) is 3.77. The fourth-order valence-electron chi connectivity index (χ4n) is 4.61. The molecule has 1 saturated heterocycles. The van der Waals surface area contributed by atoms with E-state index in [1.54, 1.807) is 31.4 Å². The number of rotatable bonds is 3. The summed E-state index contributed by atoms with van der Waals surface area (Å²) in [6, 6.07) is 17.1. The molecule has 0 unspecified atom stereocenters. The molecule has 2 aliphatic rings. The summed E-state index contributed by atoms with van der Waals surface area (Å²) in [5.74, 6) is 0.828. The van der Waals surface area contributed by atoms with Crippen LogP contribution in [-0.2, 0) is 5.54 Å². The Hall–Kier alpha value is -3.54. The summed E-state index contributed by atoms with van der Waals surface area (Å²) in [6.07, 6.45) is 4.50. The molecule has 0 saturated carbocycles. The van der Waals surface area contributed by atoms with Crippen molar-refractivity contribution >= 4 is 17.9 Å². The molecule has 2 aliphatic heterocycles. The second-order valence-corrected chi connectivity index (χ2v) is 7.89. The van der Waals surface area contributed by atoms with Gasteiger partial charge in [0.05, 0.1) is 24.0 Å². The third-order valence-corrected chi connectivity index (χ3v) is 6.27. The Balaban J connectivity index is 1.39. The predicted molar refractivity (Wildman–Crippen MR) is 115 cm³/mol. The molecule has 30 heavy (non-hydrogen) atoms. The third-order valence-electron chi connectivity index (χ3n) is 6.27. The van der Waals surface area contributed by atoms with Crippen LogP contribution >= 0.6 is 0 Å². The SMILES string of the molecule is COc1ccc2c(c1)NC1(CCN(C(=O)c3ccc(C=O)cc3)CC1)c1cccn1-2. The van der Waals surface area contributed by atoms with Gasteiger partial charge in [-0.2, -0.15) is 0 Å². The Morgan fingerprint density at radius 2 is 1.87 bits per heavy atom. The summed E-state index contributed by atoms with van der Waals surface area (Å²) in [5.41, 5.74) is 4.35. The average Bonchev–Trinajstić information content (AvgIpc) is 3.30. The van der Waals surface area contributed by atoms with Crippen LogP contribution in [0.3, 0.4) is 0 Å². The van der Waals surface area contributed by atoms with E-state index in [1.165, 1.54) is 5.69 Å². The Labute approximate surface area is 175 Å². The van der Waals surface area contributed by atoms with Gasteiger partial charge in [-0.15, -0.1) is 0 Å². The van der Waals surface area contributed by atoms with Crippen LogP contribution in [-0.4, -0.2) is 41.9 Å². The smallest absolute Gasteiger partial charge is 0.253 e. The number of aromatic nitrogens is 1. The Morgan fingerprint density at radius 1 is 1.10 bits per heavy atom. The van der Waals surface area contributed by atoms with Gasteiger partial charge < -0.3 is 19.5 Å². The molecular formula is C24H23N3O3. The topological polar surface area (TPSA) is 63.6 Å². The van der Waals surface area contributed by atoms with Gasteiger partial charge in [-0.1, -0.05) is 12.1 Å². The van der Waals surface area contributed by atoms with Gasteiger partial charge in [-0.05, 0) is 49.2 Å². The van der Waals surface area contributed by atoms with Crippen LogP contribution in [0, 0.1) is 0 Å². The van der Waals surface area contributed by atoms with E-state index < -0.39 is 0 Å². The number of ether oxygens (including phenoxy) is 1. The lowest BCUT2D eigenvalue weighted by atomic mass is 9.82. The van der Waals surface area contributed by atoms with Crippen molar-refractivity contribution in [3.63, 3.8) is 0 Å². The molecule has 0 radical (unpaired) electrons. The lowest BCUT2D eigenvalue weighted by Crippen LogP contribution is -2.51. The Bertz CT molecular complexity index is 1110. The van der Waals surface area contributed by atoms with E-state index in [9.17, 15) is 9.59 Å². The van der Waals surface area contributed by atoms with Crippen molar-refractivity contribution in [3.8, 4) is 11.4 Å². The normalized spacial score (nSPS) is 16.4. The second-order valence-electron chi connectivity index (χ2n) is 7.89. The lowest BCUT2D eigenvalue weighted by molar-refractivity contribution is 0.0676. The Kier molecular flexibility index (Phi) is 4.35. The number of carbonyl (C=O) groups excluding carboxylic acids is 2. The number of nitrogens with zero attached hydrogens (tertiary/aromatic N) is 2. The van der Waals surface area contributed by atoms with Crippen molar-refractivity contribution in [2.24, 2.45) is 0 Å². The van der Waals surface area contributed by atoms with Crippen molar-refractivity contribution < 1.29 is 14.3 Å². The van der Waals surface area contributed by atoms with E-state index in [0.29, 0.717) is 24.2 Å². The first-order valence-electron chi connectivity index (χ1n) is 10.1. The van der Waals surface area contributed by atoms with Gasteiger partial charge in [0.15, 0.2) is 0 Å². The maximum atomic E-state index is 12.9. The molecule has 2 aromatic carbocycles. The summed E-state index contributed by atoms with van der Waals surface area (Å²) >= 11 is 0. The number of nitrogens with one attached hydrogen (secondary N) is 1. The molecule has 0 atom stereocenters. The molecule has 0 aliphatic carbocycles. The van der Waals surface area contributed by atoms with Gasteiger partial charge >= 0.3 is 0 Å². The van der Waals surface area contributed by atoms with Crippen molar-refractivity contribution in [3.05, 3.63) is 77.6 Å². The largest absolute Gasteiger partial charge is 0.497 e. The van der Waals surface area contributed by atoms with E-state index in [2.05, 4.69) is 34.3 Å². The van der Waals surface area contributed by atoms with Crippen molar-refractivity contribution in [2.45, 2.75) is 18.4 Å². The first kappa shape index (κ1) is 18.5. The summed E-state index contributed by atoms with van der Waals surface area (Å²) in [6.45, 7) is 1.32. The highest BCUT2D eigenvalue weighted by atomic mass is 16.5. The molecule has 5 rings (SSSR count). The van der Waals surface area contributed by atoms with Gasteiger partial charge in [0.2, 0.25) is 0 Å². The fraction of sp³-hybridized carbons (Fsp3) is 0.250. The number of benzene rings is 2. The van der Waals surface area contributed by atoms with Gasteiger partial charge in [-0.3, -0.25) is 9.59 Å². The predicted octanol–water partition coefficient (Wildman–Crippen LogP) is 3.86. The van der Waals surface area contributed by atoms with Crippen LogP contribution in [0.2, 0.25) is 0 Å². The molecule has 1 amide bonds. The van der Waals surface area contributed by atoms with Crippen LogP contribution in [0.1, 0.15) is 39.3 Å². The number of piperidine rings is 1. The van der Waals surface area contributed by atoms with Gasteiger partial charge in [-0.25, -0.2) is 0 Å². The standard InChI is InChI=1S/C24H23N3O3/c1-30-19-8-9-21-20(15-19)25-24(22-3-2-12-27(21)22)10-13-26(14-11-24)23(29)18-6-4-17(16-28)5-7-18/h2-9,12,15-16,25H,10-11,13-14H2,1H3. The van der Waals surface area contributed by atoms with E-state index >= 15 is 0 Å². The minimum absolute atomic E-state index is 0.00978. The monoisotopic (exact) mass is 401 g/mol. The molecule has 1 aromatic heterocycles. The maximum absolute atomic E-state index is 12.9. The summed E-state index contributed by atoms with van der Waals surface area (Å²) in [4.78, 5) is 25.7. The highest BCUT2D eigenvalue weighted by Crippen LogP contribution is 2.44. The molecule has 6 nitrogen and oxygen atoms in total. The van der Waals surface area contributed by atoms with Crippen molar-refractivity contribution in [1.29, 1.82) is 0 Å². The van der Waals surface area contributed by atoms with Crippen LogP contribution < -0.4 is 10.1 Å². The van der Waals surface area contributed by atoms with Crippen LogP contribution in [0.15, 0.2) is 60.8 Å². The van der Waals surface area contributed by atoms with Gasteiger partial charge in [0, 0.05) is 42.2 Å². The maximum Gasteiger partial charge on any atom is 0.253 e. The Morgan fingerprint density at radius 3 is 2.57 bits per heavy atom. The molecule has 6 heteroatoms. The van der Waals surface area contributed by atoms with E-state index in [-0.39, 0.29) is 11.4 Å². The number of aldehydes is 1. The molecular weight excluding hydrogens is 378 g/mol. The molecule has 3 heterocycles. The van der Waals surface area contributed by atoms with Crippen LogP contribution in [0.25, 0.3) is 5.69 Å². The first-order chi connectivity index (χ1) is 14.6. The quantitative estimate of drug-likeness (QED) is 0.677. The molecule has 1 fully saturated rings. The van der Waals surface area contributed by atoms with E-state index in [1.807, 2.05) is 17.0 Å². The number of fused-ring (bicyclic) bond motifs is 4. The minimum Gasteiger partial charge on any atom is -0.497 e. The minimum atomic E-state index is -0.221. The highest BCUT2D eigenvalue weighted by molar-refractivity contribution is 5.95. The van der Waals surface area contributed by atoms with Crippen molar-refractivity contribution in [2.75, 3.05) is 25.5 Å². The zero-order chi connectivity index (χ0) is 20.7. The van der Waals surface area contributed by atoms with Crippen LogP contribution in [0.5, 0.6) is 5.75 Å². The zero-order valence-electron chi connectivity index (χ0n) is 16.8.